The minimum absolute atomic E-state index is 0.226. The smallest absolute Gasteiger partial charge is 0.0940 e. The molecule has 78 valence electrons. The lowest BCUT2D eigenvalue weighted by molar-refractivity contribution is 0.152. The van der Waals surface area contributed by atoms with Crippen LogP contribution in [-0.4, -0.2) is 11.1 Å². The fraction of sp³-hybridized carbons (Fsp3) is 0.500. The minimum atomic E-state index is -0.561. The van der Waals surface area contributed by atoms with Crippen molar-refractivity contribution in [3.05, 3.63) is 34.4 Å². The maximum Gasteiger partial charge on any atom is 0.0940 e. The monoisotopic (exact) mass is 193 g/mol. The third-order valence-corrected chi connectivity index (χ3v) is 2.70. The average Bonchev–Trinajstić information content (AvgIpc) is 2.10. The average molecular weight is 193 g/mol. The van der Waals surface area contributed by atoms with Crippen molar-refractivity contribution in [3.8, 4) is 0 Å². The van der Waals surface area contributed by atoms with Gasteiger partial charge in [-0.15, -0.1) is 0 Å². The first-order valence-corrected chi connectivity index (χ1v) is 4.95. The maximum atomic E-state index is 9.87. The predicted molar refractivity (Wildman–Crippen MR) is 59.3 cm³/mol. The molecule has 3 N–H and O–H groups in total. The zero-order valence-electron chi connectivity index (χ0n) is 9.33. The molecule has 0 bridgehead atoms. The number of aliphatic hydroxyl groups excluding tert-OH is 1. The first-order chi connectivity index (χ1) is 6.43. The van der Waals surface area contributed by atoms with E-state index in [0.717, 1.165) is 11.1 Å². The van der Waals surface area contributed by atoms with Gasteiger partial charge in [0.05, 0.1) is 6.10 Å². The highest BCUT2D eigenvalue weighted by Crippen LogP contribution is 2.23. The van der Waals surface area contributed by atoms with Gasteiger partial charge in [-0.1, -0.05) is 12.1 Å². The van der Waals surface area contributed by atoms with E-state index in [9.17, 15) is 5.11 Å². The third-order valence-electron chi connectivity index (χ3n) is 2.70. The van der Waals surface area contributed by atoms with Gasteiger partial charge < -0.3 is 10.8 Å². The number of nitrogens with two attached hydrogens (primary N) is 1. The summed E-state index contributed by atoms with van der Waals surface area (Å²) < 4.78 is 0. The molecule has 2 nitrogen and oxygen atoms in total. The highest BCUT2D eigenvalue weighted by atomic mass is 16.3. The van der Waals surface area contributed by atoms with Crippen LogP contribution in [0.2, 0.25) is 0 Å². The van der Waals surface area contributed by atoms with Crippen LogP contribution >= 0.6 is 0 Å². The Balaban J connectivity index is 3.15. The molecule has 1 rings (SSSR count). The van der Waals surface area contributed by atoms with Crippen molar-refractivity contribution in [2.24, 2.45) is 5.73 Å². The van der Waals surface area contributed by atoms with Crippen molar-refractivity contribution in [2.45, 2.75) is 39.8 Å². The summed E-state index contributed by atoms with van der Waals surface area (Å²) in [5, 5.41) is 9.87. The molecule has 0 aromatic heterocycles. The van der Waals surface area contributed by atoms with E-state index >= 15 is 0 Å². The first-order valence-electron chi connectivity index (χ1n) is 4.95. The van der Waals surface area contributed by atoms with Crippen LogP contribution in [0.3, 0.4) is 0 Å². The second-order valence-electron chi connectivity index (χ2n) is 4.10. The van der Waals surface area contributed by atoms with Crippen LogP contribution in [0, 0.1) is 20.8 Å². The van der Waals surface area contributed by atoms with Gasteiger partial charge in [-0.3, -0.25) is 0 Å². The van der Waals surface area contributed by atoms with E-state index in [0.29, 0.717) is 0 Å². The van der Waals surface area contributed by atoms with Gasteiger partial charge in [-0.2, -0.15) is 0 Å². The molecule has 0 unspecified atom stereocenters. The predicted octanol–water partition coefficient (Wildman–Crippen LogP) is 1.99. The summed E-state index contributed by atoms with van der Waals surface area (Å²) in [6, 6.07) is 3.89. The third kappa shape index (κ3) is 2.14. The van der Waals surface area contributed by atoms with Crippen LogP contribution in [-0.2, 0) is 0 Å². The van der Waals surface area contributed by atoms with Gasteiger partial charge in [0, 0.05) is 6.04 Å². The molecule has 0 spiro atoms. The molecule has 0 aliphatic carbocycles. The fourth-order valence-electron chi connectivity index (χ4n) is 1.58. The lowest BCUT2D eigenvalue weighted by atomic mass is 9.94. The van der Waals surface area contributed by atoms with Crippen LogP contribution < -0.4 is 5.73 Å². The van der Waals surface area contributed by atoms with Crippen molar-refractivity contribution >= 4 is 0 Å². The molecule has 0 aliphatic heterocycles. The van der Waals surface area contributed by atoms with Gasteiger partial charge in [0.25, 0.3) is 0 Å². The topological polar surface area (TPSA) is 46.2 Å². The van der Waals surface area contributed by atoms with E-state index in [1.54, 1.807) is 0 Å². The van der Waals surface area contributed by atoms with Crippen molar-refractivity contribution in [2.75, 3.05) is 0 Å². The molecule has 1 aromatic rings. The van der Waals surface area contributed by atoms with Gasteiger partial charge >= 0.3 is 0 Å². The molecule has 2 heteroatoms. The van der Waals surface area contributed by atoms with Gasteiger partial charge in [0.2, 0.25) is 0 Å². The Hall–Kier alpha value is -0.860. The second-order valence-corrected chi connectivity index (χ2v) is 4.10. The van der Waals surface area contributed by atoms with Crippen molar-refractivity contribution in [1.29, 1.82) is 0 Å². The lowest BCUT2D eigenvalue weighted by Crippen LogP contribution is -2.25. The molecule has 2 atom stereocenters. The molecule has 0 amide bonds. The molecular formula is C12H19NO. The molecule has 0 fully saturated rings. The molecule has 0 radical (unpaired) electrons. The van der Waals surface area contributed by atoms with Gasteiger partial charge in [-0.05, 0) is 49.9 Å². The van der Waals surface area contributed by atoms with Crippen LogP contribution in [0.25, 0.3) is 0 Å². The molecule has 0 saturated carbocycles. The fourth-order valence-corrected chi connectivity index (χ4v) is 1.58. The summed E-state index contributed by atoms with van der Waals surface area (Å²) in [5.41, 5.74) is 10.2. The normalized spacial score (nSPS) is 15.3. The largest absolute Gasteiger partial charge is 0.387 e. The Morgan fingerprint density at radius 1 is 1.07 bits per heavy atom. The number of benzene rings is 1. The van der Waals surface area contributed by atoms with Crippen LogP contribution in [0.1, 0.15) is 35.3 Å². The Morgan fingerprint density at radius 2 is 1.57 bits per heavy atom. The number of aliphatic hydroxyl groups is 1. The van der Waals surface area contributed by atoms with Crippen LogP contribution in [0.5, 0.6) is 0 Å². The molecule has 0 aliphatic rings. The van der Waals surface area contributed by atoms with Crippen LogP contribution in [0.4, 0.5) is 0 Å². The minimum Gasteiger partial charge on any atom is -0.387 e. The first kappa shape index (κ1) is 11.2. The van der Waals surface area contributed by atoms with Gasteiger partial charge in [0.15, 0.2) is 0 Å². The number of hydrogen-bond acceptors (Lipinski definition) is 2. The maximum absolute atomic E-state index is 9.87. The molecule has 0 saturated heterocycles. The second kappa shape index (κ2) is 4.11. The summed E-state index contributed by atoms with van der Waals surface area (Å²) in [5.74, 6) is 0. The summed E-state index contributed by atoms with van der Waals surface area (Å²) in [7, 11) is 0. The van der Waals surface area contributed by atoms with Crippen molar-refractivity contribution in [3.63, 3.8) is 0 Å². The number of aryl methyl sites for hydroxylation is 3. The zero-order valence-corrected chi connectivity index (χ0v) is 9.33. The van der Waals surface area contributed by atoms with E-state index in [4.69, 9.17) is 5.73 Å². The molecular weight excluding hydrogens is 174 g/mol. The van der Waals surface area contributed by atoms with Crippen molar-refractivity contribution < 1.29 is 5.11 Å². The van der Waals surface area contributed by atoms with E-state index in [1.807, 2.05) is 26.8 Å². The standard InChI is InChI=1S/C12H19NO/c1-7-5-9(3)11(6-8(7)2)12(14)10(4)13/h5-6,10,12,14H,13H2,1-4H3/t10-,12+/m0/s1. The van der Waals surface area contributed by atoms with E-state index in [-0.39, 0.29) is 6.04 Å². The highest BCUT2D eigenvalue weighted by molar-refractivity contribution is 5.38. The molecule has 1 aromatic carbocycles. The number of rotatable bonds is 2. The quantitative estimate of drug-likeness (QED) is 0.754. The van der Waals surface area contributed by atoms with E-state index in [1.165, 1.54) is 11.1 Å². The van der Waals surface area contributed by atoms with Gasteiger partial charge in [0.1, 0.15) is 0 Å². The van der Waals surface area contributed by atoms with Gasteiger partial charge in [-0.25, -0.2) is 0 Å². The summed E-state index contributed by atoms with van der Waals surface area (Å²) in [6.07, 6.45) is -0.561. The highest BCUT2D eigenvalue weighted by Gasteiger charge is 2.15. The SMILES string of the molecule is Cc1cc(C)c([C@H](O)[C@H](C)N)cc1C. The number of hydrogen-bond donors (Lipinski definition) is 2. The summed E-state index contributed by atoms with van der Waals surface area (Å²) in [6.45, 7) is 7.95. The zero-order chi connectivity index (χ0) is 10.9. The Morgan fingerprint density at radius 3 is 2.07 bits per heavy atom. The molecule has 0 heterocycles. The summed E-state index contributed by atoms with van der Waals surface area (Å²) in [4.78, 5) is 0. The Labute approximate surface area is 85.8 Å². The summed E-state index contributed by atoms with van der Waals surface area (Å²) >= 11 is 0. The van der Waals surface area contributed by atoms with Crippen molar-refractivity contribution in [1.82, 2.24) is 0 Å². The Kier molecular flexibility index (Phi) is 3.29. The van der Waals surface area contributed by atoms with E-state index in [2.05, 4.69) is 13.0 Å². The molecule has 14 heavy (non-hydrogen) atoms. The Bertz CT molecular complexity index is 331. The van der Waals surface area contributed by atoms with Crippen LogP contribution in [0.15, 0.2) is 12.1 Å². The lowest BCUT2D eigenvalue weighted by Gasteiger charge is -2.18. The van der Waals surface area contributed by atoms with E-state index < -0.39 is 6.10 Å².